The lowest BCUT2D eigenvalue weighted by molar-refractivity contribution is 0.116. The SMILES string of the molecule is Cc1ccc2oc(C(NN)C3COC(C)C3)cc2c1. The number of fused-ring (bicyclic) bond motifs is 1. The molecule has 1 fully saturated rings. The van der Waals surface area contributed by atoms with E-state index in [9.17, 15) is 0 Å². The summed E-state index contributed by atoms with van der Waals surface area (Å²) in [6, 6.07) is 8.29. The number of hydrogen-bond donors (Lipinski definition) is 2. The molecule has 4 nitrogen and oxygen atoms in total. The fourth-order valence-corrected chi connectivity index (χ4v) is 2.87. The summed E-state index contributed by atoms with van der Waals surface area (Å²) in [5, 5.41) is 1.13. The molecule has 1 aromatic carbocycles. The third kappa shape index (κ3) is 2.39. The first kappa shape index (κ1) is 12.7. The number of hydrazine groups is 1. The maximum absolute atomic E-state index is 5.93. The molecule has 3 rings (SSSR count). The van der Waals surface area contributed by atoms with Gasteiger partial charge in [-0.25, -0.2) is 5.43 Å². The van der Waals surface area contributed by atoms with E-state index in [2.05, 4.69) is 37.5 Å². The van der Waals surface area contributed by atoms with E-state index in [1.54, 1.807) is 0 Å². The van der Waals surface area contributed by atoms with Crippen LogP contribution in [0.15, 0.2) is 28.7 Å². The van der Waals surface area contributed by atoms with Gasteiger partial charge in [-0.3, -0.25) is 5.84 Å². The second-order valence-electron chi connectivity index (χ2n) is 5.47. The van der Waals surface area contributed by atoms with Crippen LogP contribution in [0, 0.1) is 12.8 Å². The van der Waals surface area contributed by atoms with Crippen LogP contribution in [0.1, 0.15) is 30.7 Å². The van der Waals surface area contributed by atoms with E-state index in [-0.39, 0.29) is 6.04 Å². The number of aryl methyl sites for hydroxylation is 1. The first-order valence-electron chi connectivity index (χ1n) is 6.75. The Labute approximate surface area is 112 Å². The molecule has 19 heavy (non-hydrogen) atoms. The molecule has 0 bridgehead atoms. The molecule has 3 N–H and O–H groups in total. The third-order valence-corrected chi connectivity index (χ3v) is 3.88. The van der Waals surface area contributed by atoms with Gasteiger partial charge in [0.2, 0.25) is 0 Å². The molecular weight excluding hydrogens is 240 g/mol. The molecule has 1 aromatic heterocycles. The Kier molecular flexibility index (Phi) is 3.31. The Hall–Kier alpha value is -1.36. The molecule has 0 amide bonds. The van der Waals surface area contributed by atoms with Crippen LogP contribution in [0.4, 0.5) is 0 Å². The summed E-state index contributed by atoms with van der Waals surface area (Å²) in [4.78, 5) is 0. The van der Waals surface area contributed by atoms with Crippen LogP contribution in [0.2, 0.25) is 0 Å². The summed E-state index contributed by atoms with van der Waals surface area (Å²) in [5.74, 6) is 6.97. The summed E-state index contributed by atoms with van der Waals surface area (Å²) >= 11 is 0. The zero-order valence-corrected chi connectivity index (χ0v) is 11.3. The zero-order valence-electron chi connectivity index (χ0n) is 11.3. The average Bonchev–Trinajstić information content (AvgIpc) is 2.96. The lowest BCUT2D eigenvalue weighted by Crippen LogP contribution is -2.33. The minimum atomic E-state index is 0.0117. The highest BCUT2D eigenvalue weighted by Gasteiger charge is 2.32. The summed E-state index contributed by atoms with van der Waals surface area (Å²) < 4.78 is 11.6. The van der Waals surface area contributed by atoms with Crippen LogP contribution in [0.3, 0.4) is 0 Å². The van der Waals surface area contributed by atoms with Crippen molar-refractivity contribution in [1.29, 1.82) is 0 Å². The maximum Gasteiger partial charge on any atom is 0.134 e. The second-order valence-corrected chi connectivity index (χ2v) is 5.47. The van der Waals surface area contributed by atoms with E-state index in [1.807, 2.05) is 6.07 Å². The molecule has 2 aromatic rings. The first-order chi connectivity index (χ1) is 9.17. The largest absolute Gasteiger partial charge is 0.459 e. The van der Waals surface area contributed by atoms with E-state index >= 15 is 0 Å². The summed E-state index contributed by atoms with van der Waals surface area (Å²) in [6.45, 7) is 4.90. The van der Waals surface area contributed by atoms with E-state index in [4.69, 9.17) is 15.0 Å². The highest BCUT2D eigenvalue weighted by Crippen LogP contribution is 2.34. The number of nitrogens with one attached hydrogen (secondary N) is 1. The van der Waals surface area contributed by atoms with Crippen LogP contribution >= 0.6 is 0 Å². The van der Waals surface area contributed by atoms with E-state index in [0.29, 0.717) is 12.0 Å². The van der Waals surface area contributed by atoms with Crippen LogP contribution < -0.4 is 11.3 Å². The average molecular weight is 260 g/mol. The number of rotatable bonds is 3. The van der Waals surface area contributed by atoms with Crippen LogP contribution in [-0.4, -0.2) is 12.7 Å². The minimum absolute atomic E-state index is 0.0117. The van der Waals surface area contributed by atoms with Gasteiger partial charge in [-0.05, 0) is 38.5 Å². The van der Waals surface area contributed by atoms with E-state index < -0.39 is 0 Å². The number of nitrogens with two attached hydrogens (primary N) is 1. The normalized spacial score (nSPS) is 25.0. The van der Waals surface area contributed by atoms with Crippen molar-refractivity contribution in [1.82, 2.24) is 5.43 Å². The van der Waals surface area contributed by atoms with Gasteiger partial charge in [-0.2, -0.15) is 0 Å². The highest BCUT2D eigenvalue weighted by molar-refractivity contribution is 5.78. The number of ether oxygens (including phenoxy) is 1. The number of hydrogen-bond acceptors (Lipinski definition) is 4. The molecule has 1 aliphatic heterocycles. The minimum Gasteiger partial charge on any atom is -0.459 e. The topological polar surface area (TPSA) is 60.4 Å². The Bertz CT molecular complexity index is 579. The summed E-state index contributed by atoms with van der Waals surface area (Å²) in [5.41, 5.74) is 5.02. The lowest BCUT2D eigenvalue weighted by atomic mass is 9.95. The molecule has 1 aliphatic rings. The van der Waals surface area contributed by atoms with Crippen LogP contribution in [-0.2, 0) is 4.74 Å². The summed E-state index contributed by atoms with van der Waals surface area (Å²) in [6.07, 6.45) is 1.30. The summed E-state index contributed by atoms with van der Waals surface area (Å²) in [7, 11) is 0. The molecule has 0 saturated carbocycles. The van der Waals surface area contributed by atoms with Gasteiger partial charge in [0.15, 0.2) is 0 Å². The molecule has 0 aliphatic carbocycles. The number of furan rings is 1. The molecule has 102 valence electrons. The Morgan fingerprint density at radius 1 is 1.37 bits per heavy atom. The number of benzene rings is 1. The van der Waals surface area contributed by atoms with Crippen LogP contribution in [0.25, 0.3) is 11.0 Å². The second kappa shape index (κ2) is 4.96. The first-order valence-corrected chi connectivity index (χ1v) is 6.75. The molecule has 1 saturated heterocycles. The van der Waals surface area contributed by atoms with Gasteiger partial charge >= 0.3 is 0 Å². The Morgan fingerprint density at radius 2 is 2.21 bits per heavy atom. The van der Waals surface area contributed by atoms with Gasteiger partial charge in [0.05, 0.1) is 18.8 Å². The third-order valence-electron chi connectivity index (χ3n) is 3.88. The standard InChI is InChI=1S/C15H20N2O2/c1-9-3-4-13-11(5-9)7-14(19-13)15(17-16)12-6-10(2)18-8-12/h3-5,7,10,12,15,17H,6,8,16H2,1-2H3. The van der Waals surface area contributed by atoms with Gasteiger partial charge in [0.1, 0.15) is 11.3 Å². The van der Waals surface area contributed by atoms with Crippen molar-refractivity contribution in [3.63, 3.8) is 0 Å². The predicted octanol–water partition coefficient (Wildman–Crippen LogP) is 2.67. The maximum atomic E-state index is 5.93. The molecule has 4 heteroatoms. The molecule has 0 spiro atoms. The highest BCUT2D eigenvalue weighted by atomic mass is 16.5. The predicted molar refractivity (Wildman–Crippen MR) is 74.5 cm³/mol. The van der Waals surface area contributed by atoms with Crippen molar-refractivity contribution in [3.8, 4) is 0 Å². The zero-order chi connectivity index (χ0) is 13.4. The van der Waals surface area contributed by atoms with Gasteiger partial charge in [-0.1, -0.05) is 11.6 Å². The van der Waals surface area contributed by atoms with Crippen molar-refractivity contribution in [2.45, 2.75) is 32.4 Å². The van der Waals surface area contributed by atoms with Crippen LogP contribution in [0.5, 0.6) is 0 Å². The van der Waals surface area contributed by atoms with Crippen molar-refractivity contribution in [2.75, 3.05) is 6.61 Å². The monoisotopic (exact) mass is 260 g/mol. The molecule has 3 unspecified atom stereocenters. The fourth-order valence-electron chi connectivity index (χ4n) is 2.87. The van der Waals surface area contributed by atoms with Gasteiger partial charge in [0, 0.05) is 11.3 Å². The van der Waals surface area contributed by atoms with Crippen molar-refractivity contribution < 1.29 is 9.15 Å². The van der Waals surface area contributed by atoms with Gasteiger partial charge in [0.25, 0.3) is 0 Å². The van der Waals surface area contributed by atoms with Crippen molar-refractivity contribution in [3.05, 3.63) is 35.6 Å². The lowest BCUT2D eigenvalue weighted by Gasteiger charge is -2.18. The Balaban J connectivity index is 1.92. The van der Waals surface area contributed by atoms with E-state index in [0.717, 1.165) is 29.8 Å². The quantitative estimate of drug-likeness (QED) is 0.658. The molecule has 3 atom stereocenters. The van der Waals surface area contributed by atoms with Gasteiger partial charge < -0.3 is 9.15 Å². The molecule has 0 radical (unpaired) electrons. The Morgan fingerprint density at radius 3 is 2.89 bits per heavy atom. The fraction of sp³-hybridized carbons (Fsp3) is 0.467. The van der Waals surface area contributed by atoms with Crippen molar-refractivity contribution >= 4 is 11.0 Å². The van der Waals surface area contributed by atoms with Gasteiger partial charge in [-0.15, -0.1) is 0 Å². The van der Waals surface area contributed by atoms with Crippen molar-refractivity contribution in [2.24, 2.45) is 11.8 Å². The molecular formula is C15H20N2O2. The van der Waals surface area contributed by atoms with E-state index in [1.165, 1.54) is 5.56 Å². The smallest absolute Gasteiger partial charge is 0.134 e. The molecule has 2 heterocycles.